The molecule has 0 saturated carbocycles. The molecule has 4 heteroatoms. The van der Waals surface area contributed by atoms with Crippen molar-refractivity contribution in [2.45, 2.75) is 26.4 Å². The zero-order valence-corrected chi connectivity index (χ0v) is 11.0. The zero-order chi connectivity index (χ0) is 13.1. The molecular weight excluding hydrogens is 238 g/mol. The van der Waals surface area contributed by atoms with Gasteiger partial charge in [0.1, 0.15) is 5.60 Å². The fourth-order valence-electron chi connectivity index (χ4n) is 1.23. The number of nitrogens with one attached hydrogen (secondary N) is 1. The van der Waals surface area contributed by atoms with Gasteiger partial charge in [0.25, 0.3) is 0 Å². The second-order valence-corrected chi connectivity index (χ2v) is 5.00. The van der Waals surface area contributed by atoms with E-state index in [1.807, 2.05) is 20.8 Å². The Balaban J connectivity index is 2.81. The van der Waals surface area contributed by atoms with Crippen LogP contribution in [0.15, 0.2) is 24.8 Å². The minimum absolute atomic E-state index is 0.497. The first-order chi connectivity index (χ1) is 7.81. The van der Waals surface area contributed by atoms with Crippen LogP contribution in [0.25, 0.3) is 6.08 Å². The molecule has 92 valence electrons. The van der Waals surface area contributed by atoms with E-state index in [1.54, 1.807) is 24.3 Å². The summed E-state index contributed by atoms with van der Waals surface area (Å²) in [6, 6.07) is 5.13. The molecule has 0 aliphatic rings. The Hall–Kier alpha value is -1.48. The highest BCUT2D eigenvalue weighted by atomic mass is 35.5. The maximum Gasteiger partial charge on any atom is 0.412 e. The third kappa shape index (κ3) is 4.49. The Bertz CT molecular complexity index is 436. The summed E-state index contributed by atoms with van der Waals surface area (Å²) >= 11 is 5.85. The van der Waals surface area contributed by atoms with Crippen molar-refractivity contribution >= 4 is 29.5 Å². The molecule has 1 aromatic carbocycles. The van der Waals surface area contributed by atoms with Gasteiger partial charge in [0, 0.05) is 5.02 Å². The number of halogens is 1. The van der Waals surface area contributed by atoms with Gasteiger partial charge in [-0.3, -0.25) is 5.32 Å². The number of ether oxygens (including phenoxy) is 1. The van der Waals surface area contributed by atoms with Gasteiger partial charge < -0.3 is 4.74 Å². The van der Waals surface area contributed by atoms with Crippen LogP contribution in [0.1, 0.15) is 26.3 Å². The molecule has 1 aromatic rings. The SMILES string of the molecule is C=Cc1cc(Cl)ccc1NC(=O)OC(C)(C)C. The van der Waals surface area contributed by atoms with E-state index < -0.39 is 11.7 Å². The van der Waals surface area contributed by atoms with Crippen molar-refractivity contribution in [3.8, 4) is 0 Å². The van der Waals surface area contributed by atoms with Crippen LogP contribution in [-0.2, 0) is 4.74 Å². The monoisotopic (exact) mass is 253 g/mol. The van der Waals surface area contributed by atoms with Crippen molar-refractivity contribution in [1.82, 2.24) is 0 Å². The Kier molecular flexibility index (Phi) is 4.18. The minimum Gasteiger partial charge on any atom is -0.444 e. The highest BCUT2D eigenvalue weighted by Crippen LogP contribution is 2.22. The molecule has 1 amide bonds. The molecule has 0 radical (unpaired) electrons. The van der Waals surface area contributed by atoms with Gasteiger partial charge in [0.05, 0.1) is 5.69 Å². The minimum atomic E-state index is -0.523. The van der Waals surface area contributed by atoms with Crippen molar-refractivity contribution in [1.29, 1.82) is 0 Å². The van der Waals surface area contributed by atoms with Crippen LogP contribution in [0.2, 0.25) is 5.02 Å². The second-order valence-electron chi connectivity index (χ2n) is 4.56. The lowest BCUT2D eigenvalue weighted by atomic mass is 10.2. The van der Waals surface area contributed by atoms with Crippen LogP contribution >= 0.6 is 11.6 Å². The average molecular weight is 254 g/mol. The van der Waals surface area contributed by atoms with E-state index >= 15 is 0 Å². The van der Waals surface area contributed by atoms with Gasteiger partial charge in [-0.1, -0.05) is 24.3 Å². The summed E-state index contributed by atoms with van der Waals surface area (Å²) in [6.45, 7) is 9.09. The van der Waals surface area contributed by atoms with Crippen molar-refractivity contribution < 1.29 is 9.53 Å². The van der Waals surface area contributed by atoms with E-state index in [9.17, 15) is 4.79 Å². The lowest BCUT2D eigenvalue weighted by Crippen LogP contribution is -2.27. The molecule has 0 aromatic heterocycles. The van der Waals surface area contributed by atoms with Crippen molar-refractivity contribution in [3.63, 3.8) is 0 Å². The lowest BCUT2D eigenvalue weighted by molar-refractivity contribution is 0.0636. The highest BCUT2D eigenvalue weighted by molar-refractivity contribution is 6.30. The Morgan fingerprint density at radius 1 is 1.47 bits per heavy atom. The molecule has 0 atom stereocenters. The summed E-state index contributed by atoms with van der Waals surface area (Å²) in [5.41, 5.74) is 0.854. The smallest absolute Gasteiger partial charge is 0.412 e. The lowest BCUT2D eigenvalue weighted by Gasteiger charge is -2.20. The van der Waals surface area contributed by atoms with Crippen LogP contribution in [-0.4, -0.2) is 11.7 Å². The van der Waals surface area contributed by atoms with Gasteiger partial charge in [-0.25, -0.2) is 4.79 Å². The van der Waals surface area contributed by atoms with Gasteiger partial charge in [-0.05, 0) is 44.5 Å². The molecule has 1 N–H and O–H groups in total. The van der Waals surface area contributed by atoms with Crippen LogP contribution in [0.5, 0.6) is 0 Å². The topological polar surface area (TPSA) is 38.3 Å². The molecule has 1 rings (SSSR count). The van der Waals surface area contributed by atoms with Crippen LogP contribution in [0.4, 0.5) is 10.5 Å². The summed E-state index contributed by atoms with van der Waals surface area (Å²) in [5.74, 6) is 0. The zero-order valence-electron chi connectivity index (χ0n) is 10.2. The van der Waals surface area contributed by atoms with Gasteiger partial charge in [0.15, 0.2) is 0 Å². The summed E-state index contributed by atoms with van der Waals surface area (Å²) in [5, 5.41) is 3.25. The summed E-state index contributed by atoms with van der Waals surface area (Å²) in [6.07, 6.45) is 1.13. The fourth-order valence-corrected chi connectivity index (χ4v) is 1.41. The maximum absolute atomic E-state index is 11.6. The fraction of sp³-hybridized carbons (Fsp3) is 0.308. The van der Waals surface area contributed by atoms with E-state index in [4.69, 9.17) is 16.3 Å². The number of carbonyl (C=O) groups is 1. The first-order valence-corrected chi connectivity index (χ1v) is 5.61. The van der Waals surface area contributed by atoms with E-state index in [2.05, 4.69) is 11.9 Å². The third-order valence-corrected chi connectivity index (χ3v) is 2.10. The quantitative estimate of drug-likeness (QED) is 0.852. The van der Waals surface area contributed by atoms with Gasteiger partial charge in [-0.15, -0.1) is 0 Å². The van der Waals surface area contributed by atoms with Crippen molar-refractivity contribution in [3.05, 3.63) is 35.4 Å². The summed E-state index contributed by atoms with van der Waals surface area (Å²) < 4.78 is 5.15. The number of hydrogen-bond donors (Lipinski definition) is 1. The molecule has 3 nitrogen and oxygen atoms in total. The molecular formula is C13H16ClNO2. The van der Waals surface area contributed by atoms with Crippen molar-refractivity contribution in [2.24, 2.45) is 0 Å². The molecule has 0 fully saturated rings. The standard InChI is InChI=1S/C13H16ClNO2/c1-5-9-8-10(14)6-7-11(9)15-12(16)17-13(2,3)4/h5-8H,1H2,2-4H3,(H,15,16). The third-order valence-electron chi connectivity index (χ3n) is 1.87. The van der Waals surface area contributed by atoms with Crippen LogP contribution in [0, 0.1) is 0 Å². The number of hydrogen-bond acceptors (Lipinski definition) is 2. The molecule has 17 heavy (non-hydrogen) atoms. The molecule has 0 heterocycles. The predicted octanol–water partition coefficient (Wildman–Crippen LogP) is 4.33. The van der Waals surface area contributed by atoms with Crippen LogP contribution in [0.3, 0.4) is 0 Å². The van der Waals surface area contributed by atoms with E-state index in [-0.39, 0.29) is 0 Å². The number of benzene rings is 1. The first kappa shape index (κ1) is 13.6. The Morgan fingerprint density at radius 3 is 2.65 bits per heavy atom. The Labute approximate surface area is 106 Å². The number of amides is 1. The molecule has 0 saturated heterocycles. The Morgan fingerprint density at radius 2 is 2.12 bits per heavy atom. The summed E-state index contributed by atoms with van der Waals surface area (Å²) in [4.78, 5) is 11.6. The summed E-state index contributed by atoms with van der Waals surface area (Å²) in [7, 11) is 0. The predicted molar refractivity (Wildman–Crippen MR) is 71.4 cm³/mol. The molecule has 0 spiro atoms. The number of rotatable bonds is 2. The van der Waals surface area contributed by atoms with E-state index in [1.165, 1.54) is 0 Å². The van der Waals surface area contributed by atoms with Gasteiger partial charge in [-0.2, -0.15) is 0 Å². The van der Waals surface area contributed by atoms with Gasteiger partial charge >= 0.3 is 6.09 Å². The number of carbonyl (C=O) groups excluding carboxylic acids is 1. The van der Waals surface area contributed by atoms with Crippen molar-refractivity contribution in [2.75, 3.05) is 5.32 Å². The van der Waals surface area contributed by atoms with Gasteiger partial charge in [0.2, 0.25) is 0 Å². The molecule has 0 aliphatic heterocycles. The number of anilines is 1. The normalized spacial score (nSPS) is 10.8. The average Bonchev–Trinajstić information content (AvgIpc) is 2.17. The largest absolute Gasteiger partial charge is 0.444 e. The van der Waals surface area contributed by atoms with Crippen LogP contribution < -0.4 is 5.32 Å². The second kappa shape index (κ2) is 5.23. The van der Waals surface area contributed by atoms with E-state index in [0.717, 1.165) is 5.56 Å². The van der Waals surface area contributed by atoms with E-state index in [0.29, 0.717) is 10.7 Å². The first-order valence-electron chi connectivity index (χ1n) is 5.24. The maximum atomic E-state index is 11.6. The molecule has 0 unspecified atom stereocenters. The highest BCUT2D eigenvalue weighted by Gasteiger charge is 2.16. The molecule has 0 aliphatic carbocycles. The molecule has 0 bridgehead atoms.